The van der Waals surface area contributed by atoms with E-state index in [0.717, 1.165) is 42.0 Å². The molecule has 1 fully saturated rings. The molecular formula is C26H31N3O2. The fourth-order valence-corrected chi connectivity index (χ4v) is 4.49. The summed E-state index contributed by atoms with van der Waals surface area (Å²) >= 11 is 0. The van der Waals surface area contributed by atoms with Gasteiger partial charge in [0.15, 0.2) is 0 Å². The van der Waals surface area contributed by atoms with Crippen LogP contribution in [0.2, 0.25) is 0 Å². The molecule has 1 atom stereocenters. The summed E-state index contributed by atoms with van der Waals surface area (Å²) in [6.07, 6.45) is 4.27. The largest absolute Gasteiger partial charge is 0.493 e. The summed E-state index contributed by atoms with van der Waals surface area (Å²) < 4.78 is 8.38. The van der Waals surface area contributed by atoms with Crippen molar-refractivity contribution in [2.24, 2.45) is 0 Å². The van der Waals surface area contributed by atoms with E-state index in [9.17, 15) is 4.79 Å². The first-order chi connectivity index (χ1) is 15.1. The van der Waals surface area contributed by atoms with Gasteiger partial charge >= 0.3 is 0 Å². The highest BCUT2D eigenvalue weighted by Crippen LogP contribution is 2.30. The van der Waals surface area contributed by atoms with E-state index in [4.69, 9.17) is 9.72 Å². The molecule has 1 amide bonds. The van der Waals surface area contributed by atoms with E-state index in [-0.39, 0.29) is 11.8 Å². The quantitative estimate of drug-likeness (QED) is 0.363. The molecule has 0 N–H and O–H groups in total. The van der Waals surface area contributed by atoms with E-state index in [1.165, 1.54) is 11.1 Å². The minimum absolute atomic E-state index is 0.130. The van der Waals surface area contributed by atoms with E-state index in [0.29, 0.717) is 26.1 Å². The second-order valence-corrected chi connectivity index (χ2v) is 8.38. The summed E-state index contributed by atoms with van der Waals surface area (Å²) in [6.45, 7) is 10.8. The van der Waals surface area contributed by atoms with Gasteiger partial charge in [-0.1, -0.05) is 36.4 Å². The Morgan fingerprint density at radius 1 is 1.13 bits per heavy atom. The number of aryl methyl sites for hydroxylation is 3. The molecule has 1 aliphatic heterocycles. The third-order valence-electron chi connectivity index (χ3n) is 6.04. The molecule has 0 radical (unpaired) electrons. The molecule has 5 heteroatoms. The normalized spacial score (nSPS) is 16.3. The number of likely N-dealkylation sites (tertiary alicyclic amines) is 1. The van der Waals surface area contributed by atoms with Crippen molar-refractivity contribution in [1.29, 1.82) is 0 Å². The second-order valence-electron chi connectivity index (χ2n) is 8.38. The topological polar surface area (TPSA) is 47.4 Å². The first-order valence-electron chi connectivity index (χ1n) is 11.1. The van der Waals surface area contributed by atoms with Gasteiger partial charge in [0.1, 0.15) is 11.6 Å². The smallest absolute Gasteiger partial charge is 0.223 e. The molecule has 0 spiro atoms. The van der Waals surface area contributed by atoms with Gasteiger partial charge in [0.2, 0.25) is 5.91 Å². The van der Waals surface area contributed by atoms with Crippen LogP contribution in [-0.4, -0.2) is 40.1 Å². The van der Waals surface area contributed by atoms with Crippen LogP contribution in [0.25, 0.3) is 11.0 Å². The highest BCUT2D eigenvalue weighted by molar-refractivity contribution is 5.81. The monoisotopic (exact) mass is 417 g/mol. The molecular weight excluding hydrogens is 386 g/mol. The second kappa shape index (κ2) is 9.38. The van der Waals surface area contributed by atoms with Crippen LogP contribution in [0.1, 0.15) is 42.1 Å². The Bertz CT molecular complexity index is 1070. The van der Waals surface area contributed by atoms with E-state index in [1.54, 1.807) is 6.08 Å². The Kier molecular flexibility index (Phi) is 6.40. The number of para-hydroxylation sites is 3. The minimum atomic E-state index is 0.130. The van der Waals surface area contributed by atoms with Crippen LogP contribution in [0.5, 0.6) is 5.75 Å². The number of carbonyl (C=O) groups is 1. The maximum atomic E-state index is 12.4. The molecule has 1 saturated heterocycles. The zero-order valence-electron chi connectivity index (χ0n) is 18.5. The average Bonchev–Trinajstić information content (AvgIpc) is 3.30. The summed E-state index contributed by atoms with van der Waals surface area (Å²) in [5.74, 6) is 2.34. The molecule has 3 aromatic rings. The number of amides is 1. The summed E-state index contributed by atoms with van der Waals surface area (Å²) in [6, 6.07) is 14.5. The number of hydrogen-bond acceptors (Lipinski definition) is 3. The number of unbranched alkanes of at least 4 members (excludes halogenated alkanes) is 1. The fraction of sp³-hybridized carbons (Fsp3) is 0.385. The number of benzene rings is 2. The number of ether oxygens (including phenoxy) is 1. The predicted molar refractivity (Wildman–Crippen MR) is 125 cm³/mol. The molecule has 31 heavy (non-hydrogen) atoms. The molecule has 4 rings (SSSR count). The molecule has 1 aliphatic rings. The van der Waals surface area contributed by atoms with Crippen molar-refractivity contribution in [3.8, 4) is 5.75 Å². The summed E-state index contributed by atoms with van der Waals surface area (Å²) in [4.78, 5) is 19.2. The van der Waals surface area contributed by atoms with Gasteiger partial charge in [-0.3, -0.25) is 4.79 Å². The highest BCUT2D eigenvalue weighted by atomic mass is 16.5. The molecule has 1 aromatic heterocycles. The minimum Gasteiger partial charge on any atom is -0.493 e. The van der Waals surface area contributed by atoms with Crippen molar-refractivity contribution in [3.05, 3.63) is 72.1 Å². The fourth-order valence-electron chi connectivity index (χ4n) is 4.49. The lowest BCUT2D eigenvalue weighted by atomic mass is 10.1. The van der Waals surface area contributed by atoms with Gasteiger partial charge in [0, 0.05) is 32.0 Å². The van der Waals surface area contributed by atoms with Gasteiger partial charge in [-0.25, -0.2) is 4.98 Å². The lowest BCUT2D eigenvalue weighted by molar-refractivity contribution is -0.127. The SMILES string of the molecule is C=CCN1CC(c2nc3ccccc3n2CCCCOc2c(C)cccc2C)CC1=O. The number of aromatic nitrogens is 2. The van der Waals surface area contributed by atoms with E-state index in [2.05, 4.69) is 61.4 Å². The number of rotatable bonds is 9. The first kappa shape index (κ1) is 21.2. The number of carbonyl (C=O) groups excluding carboxylic acids is 1. The van der Waals surface area contributed by atoms with Gasteiger partial charge < -0.3 is 14.2 Å². The zero-order valence-corrected chi connectivity index (χ0v) is 18.5. The lowest BCUT2D eigenvalue weighted by Gasteiger charge is -2.16. The number of imidazole rings is 1. The third kappa shape index (κ3) is 4.50. The van der Waals surface area contributed by atoms with Crippen molar-refractivity contribution in [2.75, 3.05) is 19.7 Å². The van der Waals surface area contributed by atoms with Crippen LogP contribution >= 0.6 is 0 Å². The van der Waals surface area contributed by atoms with Crippen molar-refractivity contribution >= 4 is 16.9 Å². The van der Waals surface area contributed by atoms with Crippen LogP contribution < -0.4 is 4.74 Å². The van der Waals surface area contributed by atoms with Crippen molar-refractivity contribution in [1.82, 2.24) is 14.5 Å². The number of nitrogens with zero attached hydrogens (tertiary/aromatic N) is 3. The Labute approximate surface area is 184 Å². The Morgan fingerprint density at radius 2 is 1.90 bits per heavy atom. The van der Waals surface area contributed by atoms with Crippen LogP contribution in [0.3, 0.4) is 0 Å². The van der Waals surface area contributed by atoms with Crippen LogP contribution in [-0.2, 0) is 11.3 Å². The van der Waals surface area contributed by atoms with E-state index in [1.807, 2.05) is 11.0 Å². The summed E-state index contributed by atoms with van der Waals surface area (Å²) in [5, 5.41) is 0. The maximum Gasteiger partial charge on any atom is 0.223 e. The first-order valence-corrected chi connectivity index (χ1v) is 11.1. The molecule has 162 valence electrons. The van der Waals surface area contributed by atoms with Gasteiger partial charge in [-0.05, 0) is 49.9 Å². The van der Waals surface area contributed by atoms with E-state index >= 15 is 0 Å². The Hall–Kier alpha value is -3.08. The van der Waals surface area contributed by atoms with Gasteiger partial charge in [0.25, 0.3) is 0 Å². The average molecular weight is 418 g/mol. The molecule has 0 saturated carbocycles. The lowest BCUT2D eigenvalue weighted by Crippen LogP contribution is -2.25. The van der Waals surface area contributed by atoms with Gasteiger partial charge in [0.05, 0.1) is 17.6 Å². The molecule has 2 heterocycles. The van der Waals surface area contributed by atoms with Crippen LogP contribution in [0.15, 0.2) is 55.1 Å². The highest BCUT2D eigenvalue weighted by Gasteiger charge is 2.33. The molecule has 2 aromatic carbocycles. The summed E-state index contributed by atoms with van der Waals surface area (Å²) in [7, 11) is 0. The number of fused-ring (bicyclic) bond motifs is 1. The third-order valence-corrected chi connectivity index (χ3v) is 6.04. The van der Waals surface area contributed by atoms with Crippen LogP contribution in [0, 0.1) is 13.8 Å². The van der Waals surface area contributed by atoms with E-state index < -0.39 is 0 Å². The van der Waals surface area contributed by atoms with Gasteiger partial charge in [-0.2, -0.15) is 0 Å². The van der Waals surface area contributed by atoms with Gasteiger partial charge in [-0.15, -0.1) is 6.58 Å². The van der Waals surface area contributed by atoms with Crippen molar-refractivity contribution < 1.29 is 9.53 Å². The Balaban J connectivity index is 1.44. The predicted octanol–water partition coefficient (Wildman–Crippen LogP) is 5.01. The molecule has 0 aliphatic carbocycles. The molecule has 5 nitrogen and oxygen atoms in total. The molecule has 0 bridgehead atoms. The molecule has 1 unspecified atom stereocenters. The van der Waals surface area contributed by atoms with Crippen molar-refractivity contribution in [2.45, 2.75) is 45.6 Å². The van der Waals surface area contributed by atoms with Crippen molar-refractivity contribution in [3.63, 3.8) is 0 Å². The maximum absolute atomic E-state index is 12.4. The standard InChI is InChI=1S/C26H31N3O2/c1-4-14-28-18-21(17-24(28)30)26-27-22-12-5-6-13-23(22)29(26)15-7-8-16-31-25-19(2)10-9-11-20(25)3/h4-6,9-13,21H,1,7-8,14-18H2,2-3H3. The summed E-state index contributed by atoms with van der Waals surface area (Å²) in [5.41, 5.74) is 4.50. The van der Waals surface area contributed by atoms with Crippen LogP contribution in [0.4, 0.5) is 0 Å². The Morgan fingerprint density at radius 3 is 2.68 bits per heavy atom. The zero-order chi connectivity index (χ0) is 21.8. The number of hydrogen-bond donors (Lipinski definition) is 0.